The number of aromatic hydroxyl groups is 1. The predicted octanol–water partition coefficient (Wildman–Crippen LogP) is 5.44. The third-order valence-electron chi connectivity index (χ3n) is 5.90. The Morgan fingerprint density at radius 1 is 1.00 bits per heavy atom. The zero-order chi connectivity index (χ0) is 18.1. The maximum Gasteiger partial charge on any atom is 0.209 e. The van der Waals surface area contributed by atoms with E-state index in [2.05, 4.69) is 56.4 Å². The van der Waals surface area contributed by atoms with Crippen molar-refractivity contribution in [1.29, 1.82) is 0 Å². The number of hydrogen-bond donors (Lipinski definition) is 2. The number of phenolic OH excluding ortho intramolecular Hbond substituents is 1. The first kappa shape index (κ1) is 15.3. The number of allylic oxidation sites excluding steroid dienone is 1. The lowest BCUT2D eigenvalue weighted by Crippen LogP contribution is -2.53. The molecule has 0 radical (unpaired) electrons. The van der Waals surface area contributed by atoms with E-state index >= 15 is 0 Å². The van der Waals surface area contributed by atoms with E-state index in [1.165, 1.54) is 5.56 Å². The van der Waals surface area contributed by atoms with Gasteiger partial charge in [-0.1, -0.05) is 30.3 Å². The molecule has 3 nitrogen and oxygen atoms in total. The first-order valence-corrected chi connectivity index (χ1v) is 8.94. The minimum Gasteiger partial charge on any atom is -0.508 e. The molecule has 2 N–H and O–H groups in total. The average molecular weight is 343 g/mol. The summed E-state index contributed by atoms with van der Waals surface area (Å²) in [4.78, 5) is 0. The number of anilines is 1. The van der Waals surface area contributed by atoms with E-state index in [1.807, 2.05) is 24.3 Å². The molecule has 26 heavy (non-hydrogen) atoms. The van der Waals surface area contributed by atoms with Gasteiger partial charge in [0.1, 0.15) is 11.5 Å². The van der Waals surface area contributed by atoms with Crippen LogP contribution in [0.3, 0.4) is 0 Å². The maximum absolute atomic E-state index is 9.95. The first-order valence-electron chi connectivity index (χ1n) is 8.94. The van der Waals surface area contributed by atoms with Gasteiger partial charge < -0.3 is 15.2 Å². The van der Waals surface area contributed by atoms with Crippen molar-refractivity contribution in [3.63, 3.8) is 0 Å². The molecule has 0 fully saturated rings. The second-order valence-corrected chi connectivity index (χ2v) is 7.80. The Morgan fingerprint density at radius 3 is 2.58 bits per heavy atom. The average Bonchev–Trinajstić information content (AvgIpc) is 2.81. The summed E-state index contributed by atoms with van der Waals surface area (Å²) >= 11 is 0. The summed E-state index contributed by atoms with van der Waals surface area (Å²) in [6.07, 6.45) is 2.19. The fourth-order valence-corrected chi connectivity index (χ4v) is 4.42. The predicted molar refractivity (Wildman–Crippen MR) is 106 cm³/mol. The lowest BCUT2D eigenvalue weighted by atomic mass is 9.75. The van der Waals surface area contributed by atoms with Crippen molar-refractivity contribution < 1.29 is 9.84 Å². The summed E-state index contributed by atoms with van der Waals surface area (Å²) in [7, 11) is 0. The fraction of sp³-hybridized carbons (Fsp3) is 0.217. The monoisotopic (exact) mass is 343 g/mol. The van der Waals surface area contributed by atoms with Crippen molar-refractivity contribution in [2.45, 2.75) is 31.9 Å². The number of benzene rings is 3. The van der Waals surface area contributed by atoms with Crippen LogP contribution in [0.1, 0.15) is 31.9 Å². The Labute approximate surface area is 152 Å². The van der Waals surface area contributed by atoms with Crippen molar-refractivity contribution >= 4 is 22.0 Å². The highest BCUT2D eigenvalue weighted by Gasteiger charge is 2.54. The molecule has 130 valence electrons. The first-order chi connectivity index (χ1) is 12.4. The Hall–Kier alpha value is -2.94. The lowest BCUT2D eigenvalue weighted by molar-refractivity contribution is 0.0818. The van der Waals surface area contributed by atoms with Crippen LogP contribution in [-0.2, 0) is 5.41 Å². The minimum atomic E-state index is -0.627. The van der Waals surface area contributed by atoms with E-state index in [9.17, 15) is 5.11 Å². The molecule has 1 unspecified atom stereocenters. The van der Waals surface area contributed by atoms with Gasteiger partial charge in [0.2, 0.25) is 5.72 Å². The molecule has 0 aromatic heterocycles. The van der Waals surface area contributed by atoms with Gasteiger partial charge in [-0.05, 0) is 73.0 Å². The number of nitrogens with one attached hydrogen (secondary N) is 1. The number of para-hydroxylation sites is 1. The van der Waals surface area contributed by atoms with Crippen molar-refractivity contribution in [2.75, 3.05) is 5.32 Å². The SMILES string of the molecule is CC1=CC2(Nc3ccccc3C2(C)C)Oc2ccc3ccc(O)cc3c21. The second-order valence-electron chi connectivity index (χ2n) is 7.80. The summed E-state index contributed by atoms with van der Waals surface area (Å²) in [5.74, 6) is 1.11. The third-order valence-corrected chi connectivity index (χ3v) is 5.90. The van der Waals surface area contributed by atoms with E-state index in [0.29, 0.717) is 0 Å². The van der Waals surface area contributed by atoms with E-state index in [1.54, 1.807) is 6.07 Å². The van der Waals surface area contributed by atoms with Crippen LogP contribution in [0.2, 0.25) is 0 Å². The second kappa shape index (κ2) is 4.82. The molecule has 3 aromatic rings. The van der Waals surface area contributed by atoms with Gasteiger partial charge in [0.25, 0.3) is 0 Å². The van der Waals surface area contributed by atoms with Crippen LogP contribution in [0.25, 0.3) is 16.3 Å². The standard InChI is InChI=1S/C23H21NO2/c1-14-13-23(22(2,3)18-6-4-5-7-19(18)24-23)26-20-11-9-15-8-10-16(25)12-17(15)21(14)20/h4-13,24-25H,1-3H3. The topological polar surface area (TPSA) is 41.5 Å². The van der Waals surface area contributed by atoms with Crippen LogP contribution in [0.4, 0.5) is 5.69 Å². The Kier molecular flexibility index (Phi) is 2.84. The molecule has 0 amide bonds. The van der Waals surface area contributed by atoms with Crippen LogP contribution in [-0.4, -0.2) is 10.8 Å². The molecule has 2 heterocycles. The quantitative estimate of drug-likeness (QED) is 0.571. The van der Waals surface area contributed by atoms with Crippen LogP contribution < -0.4 is 10.1 Å². The van der Waals surface area contributed by atoms with Crippen LogP contribution >= 0.6 is 0 Å². The van der Waals surface area contributed by atoms with Crippen LogP contribution in [0.5, 0.6) is 11.5 Å². The summed E-state index contributed by atoms with van der Waals surface area (Å²) in [6.45, 7) is 6.55. The van der Waals surface area contributed by atoms with Gasteiger partial charge >= 0.3 is 0 Å². The number of ether oxygens (including phenoxy) is 1. The number of phenols is 1. The van der Waals surface area contributed by atoms with Crippen molar-refractivity contribution in [3.05, 3.63) is 71.8 Å². The van der Waals surface area contributed by atoms with E-state index < -0.39 is 5.72 Å². The Morgan fingerprint density at radius 2 is 1.77 bits per heavy atom. The van der Waals surface area contributed by atoms with E-state index in [4.69, 9.17) is 4.74 Å². The van der Waals surface area contributed by atoms with Crippen molar-refractivity contribution in [1.82, 2.24) is 0 Å². The molecular weight excluding hydrogens is 322 g/mol. The van der Waals surface area contributed by atoms with Gasteiger partial charge in [0.05, 0.1) is 5.41 Å². The Balaban J connectivity index is 1.73. The highest BCUT2D eigenvalue weighted by atomic mass is 16.5. The van der Waals surface area contributed by atoms with Crippen molar-refractivity contribution in [3.8, 4) is 11.5 Å². The molecule has 0 saturated carbocycles. The van der Waals surface area contributed by atoms with Gasteiger partial charge in [-0.15, -0.1) is 0 Å². The maximum atomic E-state index is 9.95. The number of rotatable bonds is 0. The molecule has 3 aromatic carbocycles. The van der Waals surface area contributed by atoms with Gasteiger partial charge in [0.15, 0.2) is 0 Å². The zero-order valence-electron chi connectivity index (χ0n) is 15.1. The lowest BCUT2D eigenvalue weighted by Gasteiger charge is -2.43. The molecule has 0 aliphatic carbocycles. The molecule has 0 bridgehead atoms. The fourth-order valence-electron chi connectivity index (χ4n) is 4.42. The third kappa shape index (κ3) is 1.83. The molecule has 2 aliphatic heterocycles. The number of fused-ring (bicyclic) bond motifs is 4. The van der Waals surface area contributed by atoms with Crippen molar-refractivity contribution in [2.24, 2.45) is 0 Å². The summed E-state index contributed by atoms with van der Waals surface area (Å²) in [5, 5.41) is 15.7. The van der Waals surface area contributed by atoms with Crippen LogP contribution in [0, 0.1) is 0 Å². The molecule has 1 spiro atoms. The minimum absolute atomic E-state index is 0.226. The molecule has 1 atom stereocenters. The zero-order valence-corrected chi connectivity index (χ0v) is 15.1. The van der Waals surface area contributed by atoms with E-state index in [0.717, 1.165) is 33.3 Å². The molecular formula is C23H21NO2. The summed E-state index contributed by atoms with van der Waals surface area (Å²) < 4.78 is 6.63. The molecule has 5 rings (SSSR count). The Bertz CT molecular complexity index is 1100. The summed E-state index contributed by atoms with van der Waals surface area (Å²) in [6, 6.07) is 17.9. The normalized spacial score (nSPS) is 22.3. The van der Waals surface area contributed by atoms with Gasteiger partial charge in [0, 0.05) is 11.3 Å². The van der Waals surface area contributed by atoms with Gasteiger partial charge in [-0.3, -0.25) is 0 Å². The number of hydrogen-bond acceptors (Lipinski definition) is 3. The molecule has 2 aliphatic rings. The largest absolute Gasteiger partial charge is 0.508 e. The smallest absolute Gasteiger partial charge is 0.209 e. The molecule has 3 heteroatoms. The van der Waals surface area contributed by atoms with Crippen LogP contribution in [0.15, 0.2) is 60.7 Å². The van der Waals surface area contributed by atoms with E-state index in [-0.39, 0.29) is 11.2 Å². The highest BCUT2D eigenvalue weighted by molar-refractivity contribution is 5.98. The molecule has 0 saturated heterocycles. The van der Waals surface area contributed by atoms with Gasteiger partial charge in [-0.2, -0.15) is 0 Å². The summed E-state index contributed by atoms with van der Waals surface area (Å²) in [5.41, 5.74) is 3.72. The highest BCUT2D eigenvalue weighted by Crippen LogP contribution is 2.53. The van der Waals surface area contributed by atoms with Gasteiger partial charge in [-0.25, -0.2) is 0 Å².